The van der Waals surface area contributed by atoms with Gasteiger partial charge in [-0.3, -0.25) is 9.59 Å². The van der Waals surface area contributed by atoms with Crippen LogP contribution in [0.4, 0.5) is 15.8 Å². The molecule has 114 valence electrons. The average Bonchev–Trinajstić information content (AvgIpc) is 2.42. The molecule has 1 aromatic rings. The Balaban J connectivity index is 2.14. The maximum absolute atomic E-state index is 13.8. The van der Waals surface area contributed by atoms with Crippen LogP contribution >= 0.6 is 0 Å². The molecule has 1 fully saturated rings. The number of amides is 2. The second-order valence-electron chi connectivity index (χ2n) is 5.67. The number of nitrogens with one attached hydrogen (secondary N) is 3. The van der Waals surface area contributed by atoms with E-state index in [0.717, 1.165) is 19.4 Å². The summed E-state index contributed by atoms with van der Waals surface area (Å²) in [5, 5.41) is 8.38. The topological polar surface area (TPSA) is 70.2 Å². The standard InChI is InChI=1S/C15H20FN3O2/c1-10(20)18-11-4-5-12(16)13(8-11)19-14(21)15(2)6-3-7-17-9-15/h4-5,8,17H,3,6-7,9H2,1-2H3,(H,18,20)(H,19,21). The normalized spacial score (nSPS) is 21.7. The summed E-state index contributed by atoms with van der Waals surface area (Å²) in [6.45, 7) is 4.71. The fraction of sp³-hybridized carbons (Fsp3) is 0.467. The van der Waals surface area contributed by atoms with Crippen molar-refractivity contribution in [2.75, 3.05) is 23.7 Å². The highest BCUT2D eigenvalue weighted by atomic mass is 19.1. The third-order valence-corrected chi connectivity index (χ3v) is 3.68. The van der Waals surface area contributed by atoms with Crippen molar-refractivity contribution >= 4 is 23.2 Å². The molecule has 0 radical (unpaired) electrons. The Morgan fingerprint density at radius 3 is 2.71 bits per heavy atom. The van der Waals surface area contributed by atoms with E-state index < -0.39 is 11.2 Å². The number of hydrogen-bond donors (Lipinski definition) is 3. The van der Waals surface area contributed by atoms with Crippen LogP contribution in [0.3, 0.4) is 0 Å². The molecule has 5 nitrogen and oxygen atoms in total. The van der Waals surface area contributed by atoms with Gasteiger partial charge in [-0.15, -0.1) is 0 Å². The molecule has 6 heteroatoms. The van der Waals surface area contributed by atoms with Crippen LogP contribution in [0, 0.1) is 11.2 Å². The van der Waals surface area contributed by atoms with Crippen LogP contribution in [0.15, 0.2) is 18.2 Å². The number of benzene rings is 1. The van der Waals surface area contributed by atoms with E-state index in [2.05, 4.69) is 16.0 Å². The van der Waals surface area contributed by atoms with E-state index in [9.17, 15) is 14.0 Å². The summed E-state index contributed by atoms with van der Waals surface area (Å²) < 4.78 is 13.8. The lowest BCUT2D eigenvalue weighted by Crippen LogP contribution is -2.46. The molecule has 3 N–H and O–H groups in total. The summed E-state index contributed by atoms with van der Waals surface area (Å²) in [5.74, 6) is -0.985. The van der Waals surface area contributed by atoms with Gasteiger partial charge < -0.3 is 16.0 Å². The van der Waals surface area contributed by atoms with Gasteiger partial charge in [0.05, 0.1) is 11.1 Å². The lowest BCUT2D eigenvalue weighted by Gasteiger charge is -2.32. The monoisotopic (exact) mass is 293 g/mol. The van der Waals surface area contributed by atoms with Gasteiger partial charge in [0.15, 0.2) is 0 Å². The third-order valence-electron chi connectivity index (χ3n) is 3.68. The molecule has 1 heterocycles. The van der Waals surface area contributed by atoms with Crippen molar-refractivity contribution in [1.82, 2.24) is 5.32 Å². The third kappa shape index (κ3) is 3.78. The smallest absolute Gasteiger partial charge is 0.231 e. The van der Waals surface area contributed by atoms with Crippen molar-refractivity contribution in [3.63, 3.8) is 0 Å². The number of carbonyl (C=O) groups excluding carboxylic acids is 2. The first-order valence-corrected chi connectivity index (χ1v) is 7.00. The largest absolute Gasteiger partial charge is 0.326 e. The van der Waals surface area contributed by atoms with E-state index >= 15 is 0 Å². The molecular weight excluding hydrogens is 273 g/mol. The van der Waals surface area contributed by atoms with Gasteiger partial charge in [-0.1, -0.05) is 0 Å². The van der Waals surface area contributed by atoms with Gasteiger partial charge in [-0.25, -0.2) is 4.39 Å². The quantitative estimate of drug-likeness (QED) is 0.799. The van der Waals surface area contributed by atoms with E-state index in [1.165, 1.54) is 25.1 Å². The van der Waals surface area contributed by atoms with Crippen molar-refractivity contribution in [1.29, 1.82) is 0 Å². The summed E-state index contributed by atoms with van der Waals surface area (Å²) in [7, 11) is 0. The molecule has 1 unspecified atom stereocenters. The number of piperidine rings is 1. The number of hydrogen-bond acceptors (Lipinski definition) is 3. The molecule has 1 aliphatic heterocycles. The van der Waals surface area contributed by atoms with Gasteiger partial charge in [0.25, 0.3) is 0 Å². The first-order chi connectivity index (χ1) is 9.90. The first-order valence-electron chi connectivity index (χ1n) is 7.00. The Bertz CT molecular complexity index is 554. The molecule has 1 aliphatic rings. The Kier molecular flexibility index (Phi) is 4.57. The second-order valence-corrected chi connectivity index (χ2v) is 5.67. The molecule has 0 bridgehead atoms. The molecule has 0 spiro atoms. The average molecular weight is 293 g/mol. The van der Waals surface area contributed by atoms with Crippen LogP contribution in [-0.4, -0.2) is 24.9 Å². The zero-order valence-corrected chi connectivity index (χ0v) is 12.3. The van der Waals surface area contributed by atoms with E-state index in [4.69, 9.17) is 0 Å². The minimum Gasteiger partial charge on any atom is -0.326 e. The minimum absolute atomic E-state index is 0.0815. The second kappa shape index (κ2) is 6.22. The highest BCUT2D eigenvalue weighted by Crippen LogP contribution is 2.28. The summed E-state index contributed by atoms with van der Waals surface area (Å²) in [6, 6.07) is 4.10. The summed E-state index contributed by atoms with van der Waals surface area (Å²) >= 11 is 0. The van der Waals surface area contributed by atoms with Crippen LogP contribution in [-0.2, 0) is 9.59 Å². The zero-order valence-electron chi connectivity index (χ0n) is 12.3. The van der Waals surface area contributed by atoms with Crippen LogP contribution in [0.1, 0.15) is 26.7 Å². The maximum atomic E-state index is 13.8. The van der Waals surface area contributed by atoms with Crippen molar-refractivity contribution in [3.05, 3.63) is 24.0 Å². The predicted molar refractivity (Wildman–Crippen MR) is 79.5 cm³/mol. The molecular formula is C15H20FN3O2. The fourth-order valence-electron chi connectivity index (χ4n) is 2.43. The summed E-state index contributed by atoms with van der Waals surface area (Å²) in [4.78, 5) is 23.4. The number of rotatable bonds is 3. The number of carbonyl (C=O) groups is 2. The highest BCUT2D eigenvalue weighted by molar-refractivity contribution is 5.96. The molecule has 1 aromatic carbocycles. The van der Waals surface area contributed by atoms with Crippen molar-refractivity contribution in [3.8, 4) is 0 Å². The SMILES string of the molecule is CC(=O)Nc1ccc(F)c(NC(=O)C2(C)CCCNC2)c1. The van der Waals surface area contributed by atoms with E-state index in [1.807, 2.05) is 6.92 Å². The first kappa shape index (κ1) is 15.4. The number of halogens is 1. The van der Waals surface area contributed by atoms with Crippen LogP contribution < -0.4 is 16.0 Å². The van der Waals surface area contributed by atoms with Crippen molar-refractivity contribution in [2.45, 2.75) is 26.7 Å². The molecule has 0 aliphatic carbocycles. The fourth-order valence-corrected chi connectivity index (χ4v) is 2.43. The zero-order chi connectivity index (χ0) is 15.5. The number of anilines is 2. The molecule has 2 amide bonds. The Morgan fingerprint density at radius 2 is 2.10 bits per heavy atom. The lowest BCUT2D eigenvalue weighted by molar-refractivity contribution is -0.125. The molecule has 1 atom stereocenters. The van der Waals surface area contributed by atoms with Gasteiger partial charge in [0.1, 0.15) is 5.82 Å². The van der Waals surface area contributed by atoms with Gasteiger partial charge in [0.2, 0.25) is 11.8 Å². The van der Waals surface area contributed by atoms with Crippen LogP contribution in [0.25, 0.3) is 0 Å². The molecule has 21 heavy (non-hydrogen) atoms. The van der Waals surface area contributed by atoms with Gasteiger partial charge in [-0.2, -0.15) is 0 Å². The lowest BCUT2D eigenvalue weighted by atomic mass is 9.82. The summed E-state index contributed by atoms with van der Waals surface area (Å²) in [6.07, 6.45) is 1.68. The van der Waals surface area contributed by atoms with E-state index in [-0.39, 0.29) is 17.5 Å². The van der Waals surface area contributed by atoms with Crippen molar-refractivity contribution in [2.24, 2.45) is 5.41 Å². The Labute approximate surface area is 123 Å². The van der Waals surface area contributed by atoms with Gasteiger partial charge in [0, 0.05) is 19.2 Å². The molecule has 2 rings (SSSR count). The van der Waals surface area contributed by atoms with Crippen LogP contribution in [0.5, 0.6) is 0 Å². The van der Waals surface area contributed by atoms with E-state index in [0.29, 0.717) is 12.2 Å². The Hall–Kier alpha value is -1.95. The predicted octanol–water partition coefficient (Wildman–Crippen LogP) is 2.11. The molecule has 0 aromatic heterocycles. The summed E-state index contributed by atoms with van der Waals surface area (Å²) in [5.41, 5.74) is -0.0153. The molecule has 1 saturated heterocycles. The maximum Gasteiger partial charge on any atom is 0.231 e. The van der Waals surface area contributed by atoms with Gasteiger partial charge in [-0.05, 0) is 44.5 Å². The van der Waals surface area contributed by atoms with Gasteiger partial charge >= 0.3 is 0 Å². The van der Waals surface area contributed by atoms with Crippen molar-refractivity contribution < 1.29 is 14.0 Å². The molecule has 0 saturated carbocycles. The van der Waals surface area contributed by atoms with E-state index in [1.54, 1.807) is 0 Å². The highest BCUT2D eigenvalue weighted by Gasteiger charge is 2.34. The minimum atomic E-state index is -0.547. The Morgan fingerprint density at radius 1 is 1.33 bits per heavy atom. The van der Waals surface area contributed by atoms with Crippen LogP contribution in [0.2, 0.25) is 0 Å².